The van der Waals surface area contributed by atoms with Crippen molar-refractivity contribution in [1.82, 2.24) is 0 Å². The minimum absolute atomic E-state index is 0.0154. The SMILES string of the molecule is C=C(C)c1cc(O)c2c(c1O)C(=O)CC1C(C)(C)CCCC21C. The predicted octanol–water partition coefficient (Wildman–Crippen LogP) is 4.80. The minimum Gasteiger partial charge on any atom is -0.508 e. The highest BCUT2D eigenvalue weighted by Gasteiger charge is 2.53. The van der Waals surface area contributed by atoms with E-state index in [4.69, 9.17) is 0 Å². The molecule has 1 aromatic carbocycles. The van der Waals surface area contributed by atoms with Crippen molar-refractivity contribution in [3.8, 4) is 11.5 Å². The summed E-state index contributed by atoms with van der Waals surface area (Å²) in [6, 6.07) is 1.57. The van der Waals surface area contributed by atoms with Crippen molar-refractivity contribution in [3.05, 3.63) is 29.3 Å². The van der Waals surface area contributed by atoms with Gasteiger partial charge in [-0.1, -0.05) is 33.8 Å². The van der Waals surface area contributed by atoms with E-state index in [9.17, 15) is 15.0 Å². The molecule has 3 heteroatoms. The van der Waals surface area contributed by atoms with Crippen molar-refractivity contribution in [2.75, 3.05) is 0 Å². The van der Waals surface area contributed by atoms with E-state index in [1.54, 1.807) is 13.0 Å². The first-order chi connectivity index (χ1) is 10.6. The van der Waals surface area contributed by atoms with Gasteiger partial charge in [0.15, 0.2) is 5.78 Å². The number of carbonyl (C=O) groups is 1. The lowest BCUT2D eigenvalue weighted by atomic mass is 9.50. The molecule has 0 spiro atoms. The Hall–Kier alpha value is -1.77. The van der Waals surface area contributed by atoms with Gasteiger partial charge in [0.05, 0.1) is 5.56 Å². The van der Waals surface area contributed by atoms with Crippen molar-refractivity contribution < 1.29 is 15.0 Å². The molecule has 0 heterocycles. The smallest absolute Gasteiger partial charge is 0.167 e. The molecule has 0 amide bonds. The first kappa shape index (κ1) is 16.1. The van der Waals surface area contributed by atoms with E-state index in [0.717, 1.165) is 19.3 Å². The molecule has 0 bridgehead atoms. The van der Waals surface area contributed by atoms with Gasteiger partial charge in [-0.25, -0.2) is 0 Å². The average molecular weight is 314 g/mol. The highest BCUT2D eigenvalue weighted by Crippen LogP contribution is 2.60. The van der Waals surface area contributed by atoms with Gasteiger partial charge in [0.2, 0.25) is 0 Å². The van der Waals surface area contributed by atoms with Gasteiger partial charge in [0, 0.05) is 23.0 Å². The molecule has 3 rings (SSSR count). The topological polar surface area (TPSA) is 57.5 Å². The Morgan fingerprint density at radius 3 is 2.52 bits per heavy atom. The normalized spacial score (nSPS) is 28.9. The molecule has 0 saturated heterocycles. The highest BCUT2D eigenvalue weighted by atomic mass is 16.3. The molecule has 1 fully saturated rings. The molecule has 124 valence electrons. The van der Waals surface area contributed by atoms with Gasteiger partial charge in [-0.05, 0) is 42.7 Å². The number of carbonyl (C=O) groups excluding carboxylic acids is 1. The van der Waals surface area contributed by atoms with E-state index in [2.05, 4.69) is 27.4 Å². The molecule has 1 saturated carbocycles. The van der Waals surface area contributed by atoms with Crippen LogP contribution in [0.3, 0.4) is 0 Å². The van der Waals surface area contributed by atoms with Crippen LogP contribution in [0.25, 0.3) is 5.57 Å². The van der Waals surface area contributed by atoms with Crippen LogP contribution in [0.15, 0.2) is 12.6 Å². The molecule has 3 nitrogen and oxygen atoms in total. The summed E-state index contributed by atoms with van der Waals surface area (Å²) in [4.78, 5) is 12.8. The minimum atomic E-state index is -0.278. The molecular formula is C20H26O3. The second kappa shape index (κ2) is 4.86. The summed E-state index contributed by atoms with van der Waals surface area (Å²) in [5.74, 6) is 0.227. The molecule has 2 unspecified atom stereocenters. The summed E-state index contributed by atoms with van der Waals surface area (Å²) in [5, 5.41) is 21.3. The number of benzene rings is 1. The van der Waals surface area contributed by atoms with Crippen LogP contribution in [-0.2, 0) is 5.41 Å². The maximum atomic E-state index is 12.8. The molecule has 2 atom stereocenters. The monoisotopic (exact) mass is 314 g/mol. The second-order valence-electron chi connectivity index (χ2n) is 8.26. The number of Topliss-reactive ketones (excluding diaryl/α,β-unsaturated/α-hetero) is 1. The number of phenols is 2. The summed E-state index contributed by atoms with van der Waals surface area (Å²) >= 11 is 0. The van der Waals surface area contributed by atoms with Gasteiger partial charge in [-0.15, -0.1) is 0 Å². The van der Waals surface area contributed by atoms with Crippen molar-refractivity contribution in [2.24, 2.45) is 11.3 Å². The molecule has 0 radical (unpaired) electrons. The van der Waals surface area contributed by atoms with Crippen molar-refractivity contribution >= 4 is 11.4 Å². The Labute approximate surface area is 138 Å². The molecular weight excluding hydrogens is 288 g/mol. The van der Waals surface area contributed by atoms with Gasteiger partial charge in [-0.2, -0.15) is 0 Å². The number of hydrogen-bond acceptors (Lipinski definition) is 3. The molecule has 2 aliphatic carbocycles. The number of rotatable bonds is 1. The summed E-state index contributed by atoms with van der Waals surface area (Å²) in [7, 11) is 0. The maximum Gasteiger partial charge on any atom is 0.167 e. The Bertz CT molecular complexity index is 714. The lowest BCUT2D eigenvalue weighted by Crippen LogP contribution is -2.49. The van der Waals surface area contributed by atoms with Crippen LogP contribution in [0.1, 0.15) is 74.9 Å². The third kappa shape index (κ3) is 2.13. The Morgan fingerprint density at radius 2 is 1.91 bits per heavy atom. The third-order valence-electron chi connectivity index (χ3n) is 6.21. The number of ketones is 1. The van der Waals surface area contributed by atoms with Gasteiger partial charge in [0.1, 0.15) is 11.5 Å². The summed E-state index contributed by atoms with van der Waals surface area (Å²) in [6.45, 7) is 12.2. The second-order valence-corrected chi connectivity index (χ2v) is 8.26. The van der Waals surface area contributed by atoms with Crippen LogP contribution in [0.2, 0.25) is 0 Å². The standard InChI is InChI=1S/C20H26O3/c1-11(2)12-9-14(22)17-16(18(12)23)13(21)10-15-19(3,4)7-6-8-20(15,17)5/h9,15,22-23H,1,6-8,10H2,2-5H3. The first-order valence-electron chi connectivity index (χ1n) is 8.38. The number of hydrogen-bond donors (Lipinski definition) is 2. The van der Waals surface area contributed by atoms with Crippen LogP contribution in [0.5, 0.6) is 11.5 Å². The molecule has 2 aliphatic rings. The van der Waals surface area contributed by atoms with E-state index in [1.807, 2.05) is 0 Å². The maximum absolute atomic E-state index is 12.8. The van der Waals surface area contributed by atoms with Gasteiger partial charge in [0.25, 0.3) is 0 Å². The fraction of sp³-hybridized carbons (Fsp3) is 0.550. The lowest BCUT2D eigenvalue weighted by molar-refractivity contribution is 0.0353. The van der Waals surface area contributed by atoms with Gasteiger partial charge < -0.3 is 10.2 Å². The molecule has 0 aromatic heterocycles. The van der Waals surface area contributed by atoms with E-state index in [1.165, 1.54) is 0 Å². The van der Waals surface area contributed by atoms with Crippen molar-refractivity contribution in [1.29, 1.82) is 0 Å². The zero-order chi connectivity index (χ0) is 17.2. The third-order valence-corrected chi connectivity index (χ3v) is 6.21. The van der Waals surface area contributed by atoms with Crippen molar-refractivity contribution in [3.63, 3.8) is 0 Å². The Balaban J connectivity index is 2.31. The zero-order valence-corrected chi connectivity index (χ0v) is 14.5. The quantitative estimate of drug-likeness (QED) is 0.732. The van der Waals surface area contributed by atoms with Crippen LogP contribution < -0.4 is 0 Å². The molecule has 1 aromatic rings. The number of aromatic hydroxyl groups is 2. The van der Waals surface area contributed by atoms with E-state index in [0.29, 0.717) is 28.7 Å². The van der Waals surface area contributed by atoms with Crippen LogP contribution in [0.4, 0.5) is 0 Å². The molecule has 0 aliphatic heterocycles. The highest BCUT2D eigenvalue weighted by molar-refractivity contribution is 6.04. The molecule has 2 N–H and O–H groups in total. The van der Waals surface area contributed by atoms with E-state index < -0.39 is 0 Å². The average Bonchev–Trinajstić information content (AvgIpc) is 2.43. The fourth-order valence-corrected chi connectivity index (χ4v) is 5.04. The first-order valence-corrected chi connectivity index (χ1v) is 8.38. The van der Waals surface area contributed by atoms with E-state index >= 15 is 0 Å². The van der Waals surface area contributed by atoms with Crippen LogP contribution in [-0.4, -0.2) is 16.0 Å². The van der Waals surface area contributed by atoms with Crippen LogP contribution in [0, 0.1) is 11.3 Å². The summed E-state index contributed by atoms with van der Waals surface area (Å²) in [5.41, 5.74) is 1.85. The van der Waals surface area contributed by atoms with E-state index in [-0.39, 0.29) is 34.0 Å². The fourth-order valence-electron chi connectivity index (χ4n) is 5.04. The van der Waals surface area contributed by atoms with Crippen molar-refractivity contribution in [2.45, 2.75) is 58.8 Å². The Morgan fingerprint density at radius 1 is 1.26 bits per heavy atom. The van der Waals surface area contributed by atoms with Gasteiger partial charge in [-0.3, -0.25) is 4.79 Å². The lowest BCUT2D eigenvalue weighted by Gasteiger charge is -2.53. The number of fused-ring (bicyclic) bond motifs is 3. The van der Waals surface area contributed by atoms with Gasteiger partial charge >= 0.3 is 0 Å². The zero-order valence-electron chi connectivity index (χ0n) is 14.5. The Kier molecular flexibility index (Phi) is 3.40. The predicted molar refractivity (Wildman–Crippen MR) is 91.9 cm³/mol. The number of phenolic OH excluding ortho intramolecular Hbond substituents is 2. The molecule has 23 heavy (non-hydrogen) atoms. The summed E-state index contributed by atoms with van der Waals surface area (Å²) in [6.07, 6.45) is 3.52. The number of allylic oxidation sites excluding steroid dienone is 1. The summed E-state index contributed by atoms with van der Waals surface area (Å²) < 4.78 is 0. The largest absolute Gasteiger partial charge is 0.508 e. The van der Waals surface area contributed by atoms with Crippen LogP contribution >= 0.6 is 0 Å².